The standard InChI is InChI=1S/C17H15FN4O/c1-17(2,23)11-4-3-10(7-12(11)18)15-14-8-20-16-13(5-6-19-16)22(14)9-21-15/h3-9,19,23H,1-2H3. The minimum atomic E-state index is -1.22. The molecule has 5 nitrogen and oxygen atoms in total. The Labute approximate surface area is 131 Å². The van der Waals surface area contributed by atoms with Gasteiger partial charge in [0, 0.05) is 17.3 Å². The number of hydrogen-bond donors (Lipinski definition) is 2. The number of fused-ring (bicyclic) bond motifs is 3. The SMILES string of the molecule is CC(C)(O)c1ccc(-c2ncn3c2cnc2[nH]ccc23)cc1F. The lowest BCUT2D eigenvalue weighted by molar-refractivity contribution is 0.0746. The molecule has 0 radical (unpaired) electrons. The van der Waals surface area contributed by atoms with Crippen LogP contribution in [0, 0.1) is 5.82 Å². The number of rotatable bonds is 2. The van der Waals surface area contributed by atoms with Crippen molar-refractivity contribution in [3.8, 4) is 11.3 Å². The van der Waals surface area contributed by atoms with E-state index in [1.54, 1.807) is 38.5 Å². The first-order valence-electron chi connectivity index (χ1n) is 7.27. The van der Waals surface area contributed by atoms with Gasteiger partial charge in [-0.05, 0) is 26.0 Å². The van der Waals surface area contributed by atoms with Crippen molar-refractivity contribution < 1.29 is 9.50 Å². The highest BCUT2D eigenvalue weighted by Gasteiger charge is 2.21. The Morgan fingerprint density at radius 1 is 1.17 bits per heavy atom. The van der Waals surface area contributed by atoms with Crippen LogP contribution in [0.1, 0.15) is 19.4 Å². The van der Waals surface area contributed by atoms with E-state index in [2.05, 4.69) is 15.0 Å². The van der Waals surface area contributed by atoms with E-state index >= 15 is 0 Å². The predicted molar refractivity (Wildman–Crippen MR) is 85.5 cm³/mol. The number of nitrogens with one attached hydrogen (secondary N) is 1. The van der Waals surface area contributed by atoms with E-state index in [1.165, 1.54) is 6.07 Å². The lowest BCUT2D eigenvalue weighted by atomic mass is 9.96. The maximum Gasteiger partial charge on any atom is 0.154 e. The smallest absolute Gasteiger partial charge is 0.154 e. The Bertz CT molecular complexity index is 1030. The highest BCUT2D eigenvalue weighted by Crippen LogP contribution is 2.29. The van der Waals surface area contributed by atoms with Crippen LogP contribution in [-0.2, 0) is 5.60 Å². The van der Waals surface area contributed by atoms with Crippen LogP contribution in [0.15, 0.2) is 43.0 Å². The second kappa shape index (κ2) is 4.63. The van der Waals surface area contributed by atoms with Crippen molar-refractivity contribution in [3.05, 3.63) is 54.4 Å². The summed E-state index contributed by atoms with van der Waals surface area (Å²) in [7, 11) is 0. The Morgan fingerprint density at radius 2 is 2.00 bits per heavy atom. The summed E-state index contributed by atoms with van der Waals surface area (Å²) < 4.78 is 16.2. The van der Waals surface area contributed by atoms with Crippen LogP contribution < -0.4 is 0 Å². The second-order valence-electron chi connectivity index (χ2n) is 6.07. The summed E-state index contributed by atoms with van der Waals surface area (Å²) in [5.41, 5.74) is 2.82. The molecule has 23 heavy (non-hydrogen) atoms. The Hall–Kier alpha value is -2.73. The van der Waals surface area contributed by atoms with E-state index in [-0.39, 0.29) is 5.56 Å². The Kier molecular flexibility index (Phi) is 2.80. The average Bonchev–Trinajstić information content (AvgIpc) is 3.11. The number of halogens is 1. The maximum atomic E-state index is 14.3. The molecular weight excluding hydrogens is 295 g/mol. The maximum absolute atomic E-state index is 14.3. The second-order valence-corrected chi connectivity index (χ2v) is 6.07. The van der Waals surface area contributed by atoms with E-state index < -0.39 is 11.4 Å². The summed E-state index contributed by atoms with van der Waals surface area (Å²) >= 11 is 0. The number of aliphatic hydroxyl groups is 1. The first kappa shape index (κ1) is 13.9. The molecule has 0 saturated heterocycles. The molecule has 1 aromatic carbocycles. The van der Waals surface area contributed by atoms with Crippen molar-refractivity contribution in [1.82, 2.24) is 19.4 Å². The van der Waals surface area contributed by atoms with E-state index in [4.69, 9.17) is 0 Å². The van der Waals surface area contributed by atoms with Gasteiger partial charge in [-0.3, -0.25) is 4.40 Å². The summed E-state index contributed by atoms with van der Waals surface area (Å²) in [6.07, 6.45) is 5.22. The van der Waals surface area contributed by atoms with Gasteiger partial charge >= 0.3 is 0 Å². The molecule has 2 N–H and O–H groups in total. The molecule has 0 bridgehead atoms. The molecule has 4 rings (SSSR count). The van der Waals surface area contributed by atoms with Crippen molar-refractivity contribution in [2.75, 3.05) is 0 Å². The van der Waals surface area contributed by atoms with E-state index in [0.717, 1.165) is 16.7 Å². The number of hydrogen-bond acceptors (Lipinski definition) is 3. The Morgan fingerprint density at radius 3 is 2.74 bits per heavy atom. The molecule has 0 spiro atoms. The first-order chi connectivity index (χ1) is 10.9. The van der Waals surface area contributed by atoms with Gasteiger partial charge in [-0.25, -0.2) is 14.4 Å². The number of imidazole rings is 1. The van der Waals surface area contributed by atoms with Gasteiger partial charge in [0.25, 0.3) is 0 Å². The molecule has 0 unspecified atom stereocenters. The minimum Gasteiger partial charge on any atom is -0.386 e. The monoisotopic (exact) mass is 310 g/mol. The summed E-state index contributed by atoms with van der Waals surface area (Å²) in [6.45, 7) is 3.12. The van der Waals surface area contributed by atoms with Crippen LogP contribution in [0.5, 0.6) is 0 Å². The zero-order chi connectivity index (χ0) is 16.2. The summed E-state index contributed by atoms with van der Waals surface area (Å²) in [5, 5.41) is 9.98. The summed E-state index contributed by atoms with van der Waals surface area (Å²) in [6, 6.07) is 6.67. The van der Waals surface area contributed by atoms with Crippen molar-refractivity contribution >= 4 is 16.7 Å². The van der Waals surface area contributed by atoms with Gasteiger partial charge in [0.05, 0.1) is 28.5 Å². The van der Waals surface area contributed by atoms with Gasteiger partial charge in [-0.15, -0.1) is 0 Å². The molecule has 6 heteroatoms. The van der Waals surface area contributed by atoms with Crippen LogP contribution in [0.4, 0.5) is 4.39 Å². The van der Waals surface area contributed by atoms with Crippen LogP contribution in [0.3, 0.4) is 0 Å². The van der Waals surface area contributed by atoms with Crippen LogP contribution in [0.2, 0.25) is 0 Å². The molecule has 0 fully saturated rings. The predicted octanol–water partition coefficient (Wildman–Crippen LogP) is 3.24. The fraction of sp³-hybridized carbons (Fsp3) is 0.176. The summed E-state index contributed by atoms with van der Waals surface area (Å²) in [4.78, 5) is 11.8. The zero-order valence-electron chi connectivity index (χ0n) is 12.7. The molecule has 0 aliphatic heterocycles. The van der Waals surface area contributed by atoms with Crippen LogP contribution in [0.25, 0.3) is 27.9 Å². The lowest BCUT2D eigenvalue weighted by Crippen LogP contribution is -2.17. The van der Waals surface area contributed by atoms with Gasteiger partial charge in [-0.1, -0.05) is 12.1 Å². The van der Waals surface area contributed by atoms with Gasteiger partial charge in [0.1, 0.15) is 12.1 Å². The zero-order valence-corrected chi connectivity index (χ0v) is 12.7. The molecule has 116 valence electrons. The number of H-pyrrole nitrogens is 1. The largest absolute Gasteiger partial charge is 0.386 e. The third kappa shape index (κ3) is 2.10. The van der Waals surface area contributed by atoms with E-state index in [1.807, 2.05) is 16.7 Å². The molecule has 3 heterocycles. The third-order valence-corrected chi connectivity index (χ3v) is 3.99. The summed E-state index contributed by atoms with van der Waals surface area (Å²) in [5.74, 6) is -0.452. The van der Waals surface area contributed by atoms with Crippen molar-refractivity contribution in [3.63, 3.8) is 0 Å². The lowest BCUT2D eigenvalue weighted by Gasteiger charge is -2.18. The average molecular weight is 310 g/mol. The molecular formula is C17H15FN4O. The number of aromatic amines is 1. The van der Waals surface area contributed by atoms with Crippen molar-refractivity contribution in [2.45, 2.75) is 19.4 Å². The molecule has 0 aliphatic carbocycles. The van der Waals surface area contributed by atoms with Crippen molar-refractivity contribution in [2.24, 2.45) is 0 Å². The highest BCUT2D eigenvalue weighted by atomic mass is 19.1. The van der Waals surface area contributed by atoms with Gasteiger partial charge in [0.15, 0.2) is 5.65 Å². The highest BCUT2D eigenvalue weighted by molar-refractivity contribution is 5.83. The molecule has 4 aromatic rings. The molecule has 0 aliphatic rings. The number of aromatic nitrogens is 4. The van der Waals surface area contributed by atoms with Gasteiger partial charge in [-0.2, -0.15) is 0 Å². The van der Waals surface area contributed by atoms with E-state index in [0.29, 0.717) is 11.3 Å². The Balaban J connectivity index is 1.91. The third-order valence-electron chi connectivity index (χ3n) is 3.99. The van der Waals surface area contributed by atoms with Crippen LogP contribution >= 0.6 is 0 Å². The van der Waals surface area contributed by atoms with Gasteiger partial charge in [0.2, 0.25) is 0 Å². The quantitative estimate of drug-likeness (QED) is 0.597. The first-order valence-corrected chi connectivity index (χ1v) is 7.27. The van der Waals surface area contributed by atoms with Crippen LogP contribution in [-0.4, -0.2) is 24.5 Å². The van der Waals surface area contributed by atoms with E-state index in [9.17, 15) is 9.50 Å². The van der Waals surface area contributed by atoms with Crippen molar-refractivity contribution in [1.29, 1.82) is 0 Å². The fourth-order valence-corrected chi connectivity index (χ4v) is 2.83. The molecule has 0 amide bonds. The number of nitrogens with zero attached hydrogens (tertiary/aromatic N) is 3. The number of benzene rings is 1. The molecule has 0 atom stereocenters. The fourth-order valence-electron chi connectivity index (χ4n) is 2.83. The topological polar surface area (TPSA) is 66.2 Å². The normalized spacial score (nSPS) is 12.3. The molecule has 0 saturated carbocycles. The van der Waals surface area contributed by atoms with Gasteiger partial charge < -0.3 is 10.1 Å². The molecule has 3 aromatic heterocycles. The minimum absolute atomic E-state index is 0.260.